The summed E-state index contributed by atoms with van der Waals surface area (Å²) >= 11 is 0. The Morgan fingerprint density at radius 3 is 2.27 bits per heavy atom. The van der Waals surface area contributed by atoms with Crippen molar-refractivity contribution >= 4 is 5.78 Å². The van der Waals surface area contributed by atoms with Crippen LogP contribution in [0.1, 0.15) is 12.0 Å². The van der Waals surface area contributed by atoms with Gasteiger partial charge >= 0.3 is 6.18 Å². The molecule has 0 aliphatic heterocycles. The monoisotopic (exact) mass is 315 g/mol. The first-order valence-electron chi connectivity index (χ1n) is 6.27. The van der Waals surface area contributed by atoms with Crippen LogP contribution in [0.3, 0.4) is 0 Å². The molecule has 0 atom stereocenters. The SMILES string of the molecule is O=C(CCc1cc(-c2ccncc2)c(F)cc1F)C(F)(F)F. The Morgan fingerprint density at radius 1 is 1.05 bits per heavy atom. The molecule has 0 aliphatic rings. The van der Waals surface area contributed by atoms with Crippen molar-refractivity contribution in [3.63, 3.8) is 0 Å². The van der Waals surface area contributed by atoms with Crippen molar-refractivity contribution in [1.82, 2.24) is 4.98 Å². The van der Waals surface area contributed by atoms with Crippen molar-refractivity contribution in [2.75, 3.05) is 0 Å². The lowest BCUT2D eigenvalue weighted by Gasteiger charge is -2.09. The predicted molar refractivity (Wildman–Crippen MR) is 69.0 cm³/mol. The lowest BCUT2D eigenvalue weighted by atomic mass is 9.99. The molecule has 0 amide bonds. The average Bonchev–Trinajstić information content (AvgIpc) is 2.46. The molecule has 0 saturated carbocycles. The standard InChI is InChI=1S/C15H10F5NO/c16-12-8-13(17)11(9-3-5-21-6-4-9)7-10(12)1-2-14(22)15(18,19)20/h3-8H,1-2H2. The van der Waals surface area contributed by atoms with E-state index in [1.165, 1.54) is 24.5 Å². The molecule has 7 heteroatoms. The number of carbonyl (C=O) groups excluding carboxylic acids is 1. The van der Waals surface area contributed by atoms with Gasteiger partial charge in [0, 0.05) is 30.4 Å². The quantitative estimate of drug-likeness (QED) is 0.795. The Morgan fingerprint density at radius 2 is 1.68 bits per heavy atom. The highest BCUT2D eigenvalue weighted by Crippen LogP contribution is 2.27. The summed E-state index contributed by atoms with van der Waals surface area (Å²) in [5.74, 6) is -3.76. The molecule has 116 valence electrons. The molecule has 0 aliphatic carbocycles. The minimum absolute atomic E-state index is 0.0401. The first kappa shape index (κ1) is 16.1. The number of pyridine rings is 1. The van der Waals surface area contributed by atoms with Crippen molar-refractivity contribution in [2.45, 2.75) is 19.0 Å². The van der Waals surface area contributed by atoms with E-state index in [4.69, 9.17) is 0 Å². The zero-order valence-corrected chi connectivity index (χ0v) is 11.1. The molecule has 0 radical (unpaired) electrons. The average molecular weight is 315 g/mol. The highest BCUT2D eigenvalue weighted by Gasteiger charge is 2.37. The van der Waals surface area contributed by atoms with Gasteiger partial charge in [0.1, 0.15) is 11.6 Å². The fourth-order valence-electron chi connectivity index (χ4n) is 1.93. The summed E-state index contributed by atoms with van der Waals surface area (Å²) in [6, 6.07) is 4.69. The predicted octanol–water partition coefficient (Wildman–Crippen LogP) is 4.09. The Hall–Kier alpha value is -2.31. The van der Waals surface area contributed by atoms with Crippen LogP contribution in [0.25, 0.3) is 11.1 Å². The topological polar surface area (TPSA) is 30.0 Å². The van der Waals surface area contributed by atoms with Crippen molar-refractivity contribution < 1.29 is 26.7 Å². The van der Waals surface area contributed by atoms with E-state index in [-0.39, 0.29) is 11.1 Å². The molecule has 1 heterocycles. The van der Waals surface area contributed by atoms with Crippen molar-refractivity contribution in [3.05, 3.63) is 53.9 Å². The van der Waals surface area contributed by atoms with E-state index < -0.39 is 36.4 Å². The van der Waals surface area contributed by atoms with E-state index in [0.29, 0.717) is 11.6 Å². The van der Waals surface area contributed by atoms with E-state index in [1.54, 1.807) is 0 Å². The molecule has 0 N–H and O–H groups in total. The number of nitrogens with zero attached hydrogens (tertiary/aromatic N) is 1. The van der Waals surface area contributed by atoms with Crippen LogP contribution in [0.2, 0.25) is 0 Å². The number of rotatable bonds is 4. The number of aromatic nitrogens is 1. The van der Waals surface area contributed by atoms with Gasteiger partial charge in [-0.3, -0.25) is 9.78 Å². The van der Waals surface area contributed by atoms with Gasteiger partial charge < -0.3 is 0 Å². The summed E-state index contributed by atoms with van der Waals surface area (Å²) in [6.07, 6.45) is -3.48. The smallest absolute Gasteiger partial charge is 0.290 e. The third-order valence-corrected chi connectivity index (χ3v) is 3.06. The summed E-state index contributed by atoms with van der Waals surface area (Å²) in [7, 11) is 0. The van der Waals surface area contributed by atoms with Gasteiger partial charge in [0.25, 0.3) is 0 Å². The summed E-state index contributed by atoms with van der Waals surface area (Å²) < 4.78 is 63.9. The van der Waals surface area contributed by atoms with Crippen LogP contribution in [0.4, 0.5) is 22.0 Å². The summed E-state index contributed by atoms with van der Waals surface area (Å²) in [5.41, 5.74) is 0.306. The van der Waals surface area contributed by atoms with E-state index >= 15 is 0 Å². The van der Waals surface area contributed by atoms with Gasteiger partial charge in [-0.2, -0.15) is 13.2 Å². The van der Waals surface area contributed by atoms with E-state index in [2.05, 4.69) is 4.98 Å². The minimum Gasteiger partial charge on any atom is -0.290 e. The highest BCUT2D eigenvalue weighted by molar-refractivity contribution is 5.84. The Labute approximate surface area is 122 Å². The molecular weight excluding hydrogens is 305 g/mol. The third-order valence-electron chi connectivity index (χ3n) is 3.06. The molecule has 2 aromatic rings. The minimum atomic E-state index is -4.95. The highest BCUT2D eigenvalue weighted by atomic mass is 19.4. The molecule has 0 unspecified atom stereocenters. The molecule has 1 aromatic heterocycles. The molecule has 2 nitrogen and oxygen atoms in total. The van der Waals surface area contributed by atoms with E-state index in [1.807, 2.05) is 0 Å². The largest absolute Gasteiger partial charge is 0.449 e. The second-order valence-corrected chi connectivity index (χ2v) is 4.58. The van der Waals surface area contributed by atoms with Crippen molar-refractivity contribution in [2.24, 2.45) is 0 Å². The van der Waals surface area contributed by atoms with E-state index in [0.717, 1.165) is 6.07 Å². The maximum Gasteiger partial charge on any atom is 0.449 e. The van der Waals surface area contributed by atoms with Gasteiger partial charge in [-0.05, 0) is 35.7 Å². The maximum atomic E-state index is 13.8. The second-order valence-electron chi connectivity index (χ2n) is 4.58. The summed E-state index contributed by atoms with van der Waals surface area (Å²) in [4.78, 5) is 14.6. The molecule has 22 heavy (non-hydrogen) atoms. The number of hydrogen-bond donors (Lipinski definition) is 0. The van der Waals surface area contributed by atoms with Gasteiger partial charge in [0.15, 0.2) is 0 Å². The number of halogens is 5. The molecule has 0 spiro atoms. The van der Waals surface area contributed by atoms with Crippen LogP contribution in [-0.2, 0) is 11.2 Å². The number of Topliss-reactive ketones (excluding diaryl/α,β-unsaturated/α-hetero) is 1. The lowest BCUT2D eigenvalue weighted by molar-refractivity contribution is -0.171. The maximum absolute atomic E-state index is 13.8. The number of benzene rings is 1. The Balaban J connectivity index is 2.28. The van der Waals surface area contributed by atoms with Crippen LogP contribution in [0, 0.1) is 11.6 Å². The van der Waals surface area contributed by atoms with Gasteiger partial charge in [-0.15, -0.1) is 0 Å². The van der Waals surface area contributed by atoms with Gasteiger partial charge in [-0.25, -0.2) is 8.78 Å². The number of aryl methyl sites for hydroxylation is 1. The molecule has 1 aromatic carbocycles. The Bertz CT molecular complexity index is 682. The molecule has 2 rings (SSSR count). The number of hydrogen-bond acceptors (Lipinski definition) is 2. The van der Waals surface area contributed by atoms with E-state index in [9.17, 15) is 26.7 Å². The van der Waals surface area contributed by atoms with Crippen LogP contribution >= 0.6 is 0 Å². The Kier molecular flexibility index (Phi) is 4.54. The summed E-state index contributed by atoms with van der Waals surface area (Å²) in [6.45, 7) is 0. The summed E-state index contributed by atoms with van der Waals surface area (Å²) in [5, 5.41) is 0. The van der Waals surface area contributed by atoms with Crippen LogP contribution in [-0.4, -0.2) is 16.9 Å². The number of carbonyl (C=O) groups is 1. The van der Waals surface area contributed by atoms with Gasteiger partial charge in [0.05, 0.1) is 0 Å². The van der Waals surface area contributed by atoms with Crippen molar-refractivity contribution in [1.29, 1.82) is 0 Å². The number of alkyl halides is 3. The first-order valence-corrected chi connectivity index (χ1v) is 6.27. The zero-order chi connectivity index (χ0) is 16.3. The third kappa shape index (κ3) is 3.66. The van der Waals surface area contributed by atoms with Crippen LogP contribution < -0.4 is 0 Å². The molecule has 0 bridgehead atoms. The molecule has 0 fully saturated rings. The zero-order valence-electron chi connectivity index (χ0n) is 11.1. The molecule has 0 saturated heterocycles. The fourth-order valence-corrected chi connectivity index (χ4v) is 1.93. The molecular formula is C15H10F5NO. The first-order chi connectivity index (χ1) is 10.3. The van der Waals surface area contributed by atoms with Gasteiger partial charge in [0.2, 0.25) is 5.78 Å². The van der Waals surface area contributed by atoms with Crippen molar-refractivity contribution in [3.8, 4) is 11.1 Å². The van der Waals surface area contributed by atoms with Crippen LogP contribution in [0.5, 0.6) is 0 Å². The second kappa shape index (κ2) is 6.21. The normalized spacial score (nSPS) is 11.5. The fraction of sp³-hybridized carbons (Fsp3) is 0.200. The lowest BCUT2D eigenvalue weighted by Crippen LogP contribution is -2.23. The number of ketones is 1. The van der Waals surface area contributed by atoms with Gasteiger partial charge in [-0.1, -0.05) is 0 Å². The van der Waals surface area contributed by atoms with Crippen LogP contribution in [0.15, 0.2) is 36.7 Å².